The summed E-state index contributed by atoms with van der Waals surface area (Å²) in [6.45, 7) is 8.44. The molecule has 18 heteroatoms. The van der Waals surface area contributed by atoms with Gasteiger partial charge in [-0.05, 0) is 58.1 Å². The van der Waals surface area contributed by atoms with Crippen LogP contribution in [0.1, 0.15) is 138 Å². The van der Waals surface area contributed by atoms with E-state index in [4.69, 9.17) is 9.47 Å². The minimum Gasteiger partial charge on any atom is -0.445 e. The Balaban J connectivity index is 0.927. The fourth-order valence-electron chi connectivity index (χ4n) is 10.8. The average molecular weight is 1280 g/mol. The lowest BCUT2D eigenvalue weighted by atomic mass is 9.97. The van der Waals surface area contributed by atoms with E-state index in [1.165, 1.54) is 0 Å². The van der Waals surface area contributed by atoms with Crippen molar-refractivity contribution in [3.05, 3.63) is 215 Å². The van der Waals surface area contributed by atoms with Gasteiger partial charge in [0.25, 0.3) is 0 Å². The first-order chi connectivity index (χ1) is 45.7. The molecule has 6 aromatic rings. The summed E-state index contributed by atoms with van der Waals surface area (Å²) in [5, 5.41) is 23.3. The van der Waals surface area contributed by atoms with E-state index in [1.54, 1.807) is 0 Å². The van der Waals surface area contributed by atoms with E-state index in [0.717, 1.165) is 97.6 Å². The highest BCUT2D eigenvalue weighted by molar-refractivity contribution is 5.95. The summed E-state index contributed by atoms with van der Waals surface area (Å²) in [5.41, 5.74) is 4.92. The quantitative estimate of drug-likeness (QED) is 0.0169. The third-order valence-corrected chi connectivity index (χ3v) is 16.8. The number of alkyl carbamates (subject to hydrolysis) is 2. The van der Waals surface area contributed by atoms with Gasteiger partial charge in [0, 0.05) is 38.8 Å². The highest BCUT2D eigenvalue weighted by atomic mass is 16.6. The summed E-state index contributed by atoms with van der Waals surface area (Å²) >= 11 is 0. The van der Waals surface area contributed by atoms with Crippen LogP contribution < -0.4 is 42.5 Å². The van der Waals surface area contributed by atoms with Crippen LogP contribution in [0.25, 0.3) is 0 Å². The van der Waals surface area contributed by atoms with Crippen molar-refractivity contribution in [3.63, 3.8) is 0 Å². The van der Waals surface area contributed by atoms with Crippen molar-refractivity contribution in [3.8, 4) is 0 Å². The smallest absolute Gasteiger partial charge is 0.408 e. The summed E-state index contributed by atoms with van der Waals surface area (Å²) in [6, 6.07) is 50.0. The van der Waals surface area contributed by atoms with Crippen molar-refractivity contribution in [2.75, 3.05) is 13.1 Å². The number of ether oxygens (including phenoxy) is 2. The molecule has 8 N–H and O–H groups in total. The number of amides is 8. The number of carbonyl (C=O) groups is 8. The van der Waals surface area contributed by atoms with Crippen LogP contribution in [0.3, 0.4) is 0 Å². The fourth-order valence-corrected chi connectivity index (χ4v) is 10.8. The molecule has 94 heavy (non-hydrogen) atoms. The van der Waals surface area contributed by atoms with Crippen LogP contribution in [0.5, 0.6) is 0 Å². The first kappa shape index (κ1) is 73.7. The molecule has 6 rings (SSSR count). The van der Waals surface area contributed by atoms with Crippen molar-refractivity contribution in [2.24, 2.45) is 11.8 Å². The maximum Gasteiger partial charge on any atom is 0.408 e. The maximum atomic E-state index is 14.4. The monoisotopic (exact) mass is 1280 g/mol. The van der Waals surface area contributed by atoms with E-state index in [0.29, 0.717) is 25.9 Å². The van der Waals surface area contributed by atoms with E-state index >= 15 is 0 Å². The minimum absolute atomic E-state index is 0.0262. The molecule has 0 aliphatic carbocycles. The summed E-state index contributed by atoms with van der Waals surface area (Å²) in [4.78, 5) is 111. The van der Waals surface area contributed by atoms with Gasteiger partial charge in [0.1, 0.15) is 49.5 Å². The van der Waals surface area contributed by atoms with Gasteiger partial charge >= 0.3 is 12.2 Å². The van der Waals surface area contributed by atoms with Gasteiger partial charge in [0.15, 0.2) is 0 Å². The second kappa shape index (κ2) is 42.0. The van der Waals surface area contributed by atoms with Crippen LogP contribution >= 0.6 is 0 Å². The molecule has 18 nitrogen and oxygen atoms in total. The number of nitrogens with one attached hydrogen (secondary N) is 8. The van der Waals surface area contributed by atoms with Gasteiger partial charge in [-0.25, -0.2) is 9.59 Å². The maximum absolute atomic E-state index is 14.4. The normalized spacial score (nSPS) is 13.5. The molecule has 0 saturated heterocycles. The lowest BCUT2D eigenvalue weighted by Crippen LogP contribution is -2.58. The Morgan fingerprint density at radius 1 is 0.298 bits per heavy atom. The number of carbonyl (C=O) groups excluding carboxylic acids is 8. The van der Waals surface area contributed by atoms with Gasteiger partial charge in [-0.2, -0.15) is 0 Å². The molecule has 502 valence electrons. The Morgan fingerprint density at radius 2 is 0.532 bits per heavy atom. The summed E-state index contributed by atoms with van der Waals surface area (Å²) in [5.74, 6) is -3.39. The zero-order valence-electron chi connectivity index (χ0n) is 55.2. The fraction of sp³-hybridized carbons (Fsp3) is 0.421. The largest absolute Gasteiger partial charge is 0.445 e. The molecule has 6 aromatic carbocycles. The lowest BCUT2D eigenvalue weighted by Gasteiger charge is -2.27. The summed E-state index contributed by atoms with van der Waals surface area (Å²) < 4.78 is 10.9. The van der Waals surface area contributed by atoms with E-state index in [9.17, 15) is 38.4 Å². The Bertz CT molecular complexity index is 2990. The van der Waals surface area contributed by atoms with Gasteiger partial charge in [0.05, 0.1) is 0 Å². The van der Waals surface area contributed by atoms with Crippen LogP contribution in [-0.2, 0) is 77.1 Å². The number of rotatable bonds is 41. The molecule has 0 radical (unpaired) electrons. The summed E-state index contributed by atoms with van der Waals surface area (Å²) in [7, 11) is 0. The standard InChI is InChI=1S/C76H98N8O10/c1-5-55(3)67(83-75(91)93-53-61-43-29-19-30-44-61)73(89)81-65(51-59-39-25-17-26-40-59)71(87)79-63(49-57-35-21-15-22-36-57)69(85)77-47-33-13-11-9-7-8-10-12-14-34-48-78-70(86)64(50-58-37-23-16-24-38-58)80-72(88)66(52-60-41-27-18-28-42-60)82-74(90)68(56(4)6-2)84-76(92)94-54-62-45-31-20-32-46-62/h15-32,35-46,55-56,63-68H,5-14,33-34,47-54H2,1-4H3,(H,77,85)(H,78,86)(H,79,87)(H,80,88)(H,81,89)(H,82,90)(H,83,91)(H,84,92)/t55-,56-,63-,64-,65-,66-,67-,68-/m0/s1. The molecular weight excluding hydrogens is 1180 g/mol. The third-order valence-electron chi connectivity index (χ3n) is 16.8. The number of unbranched alkanes of at least 4 members (excludes halogenated alkanes) is 9. The van der Waals surface area contributed by atoms with Gasteiger partial charge in [-0.15, -0.1) is 0 Å². The second-order valence-corrected chi connectivity index (χ2v) is 24.3. The molecule has 8 amide bonds. The number of benzene rings is 6. The molecule has 0 aliphatic heterocycles. The molecule has 0 aromatic heterocycles. The average Bonchev–Trinajstić information content (AvgIpc) is 1.10. The van der Waals surface area contributed by atoms with Gasteiger partial charge in [-0.1, -0.05) is 274 Å². The zero-order chi connectivity index (χ0) is 67.1. The topological polar surface area (TPSA) is 251 Å². The molecule has 0 spiro atoms. The highest BCUT2D eigenvalue weighted by Crippen LogP contribution is 2.16. The molecule has 0 saturated carbocycles. The van der Waals surface area contributed by atoms with Crippen LogP contribution in [0.4, 0.5) is 9.59 Å². The SMILES string of the molecule is CC[C@H](C)[C@H](NC(=O)OCc1ccccc1)C(=O)N[C@@H](Cc1ccccc1)C(=O)N[C@@H](Cc1ccccc1)C(=O)NCCCCCCCCCCCCNC(=O)[C@H](Cc1ccccc1)NC(=O)[C@H](Cc1ccccc1)NC(=O)[C@@H](NC(=O)OCc1ccccc1)[C@@H](C)CC. The van der Waals surface area contributed by atoms with Gasteiger partial charge < -0.3 is 52.0 Å². The van der Waals surface area contributed by atoms with Crippen molar-refractivity contribution >= 4 is 47.6 Å². The van der Waals surface area contributed by atoms with Gasteiger partial charge in [-0.3, -0.25) is 28.8 Å². The number of hydrogen-bond donors (Lipinski definition) is 8. The molecule has 0 fully saturated rings. The van der Waals surface area contributed by atoms with Crippen LogP contribution in [0, 0.1) is 11.8 Å². The lowest BCUT2D eigenvalue weighted by molar-refractivity contribution is -0.133. The van der Waals surface area contributed by atoms with Crippen molar-refractivity contribution < 1.29 is 47.8 Å². The van der Waals surface area contributed by atoms with E-state index in [2.05, 4.69) is 42.5 Å². The van der Waals surface area contributed by atoms with E-state index < -0.39 is 72.1 Å². The van der Waals surface area contributed by atoms with Crippen LogP contribution in [0.2, 0.25) is 0 Å². The Kier molecular flexibility index (Phi) is 33.0. The van der Waals surface area contributed by atoms with Crippen molar-refractivity contribution in [1.82, 2.24) is 42.5 Å². The molecule has 0 heterocycles. The zero-order valence-corrected chi connectivity index (χ0v) is 55.2. The predicted octanol–water partition coefficient (Wildman–Crippen LogP) is 10.7. The highest BCUT2D eigenvalue weighted by Gasteiger charge is 2.35. The van der Waals surface area contributed by atoms with Crippen molar-refractivity contribution in [1.29, 1.82) is 0 Å². The van der Waals surface area contributed by atoms with Crippen molar-refractivity contribution in [2.45, 2.75) is 180 Å². The molecule has 0 bridgehead atoms. The predicted molar refractivity (Wildman–Crippen MR) is 367 cm³/mol. The van der Waals surface area contributed by atoms with E-state index in [-0.39, 0.29) is 62.5 Å². The Morgan fingerprint density at radius 3 is 0.798 bits per heavy atom. The van der Waals surface area contributed by atoms with E-state index in [1.807, 2.05) is 210 Å². The molecule has 0 unspecified atom stereocenters. The van der Waals surface area contributed by atoms with Crippen LogP contribution in [-0.4, -0.2) is 97.0 Å². The number of hydrogen-bond acceptors (Lipinski definition) is 10. The second-order valence-electron chi connectivity index (χ2n) is 24.3. The molecular formula is C76H98N8O10. The van der Waals surface area contributed by atoms with Gasteiger partial charge in [0.2, 0.25) is 35.4 Å². The minimum atomic E-state index is -1.07. The third kappa shape index (κ3) is 27.5. The molecule has 0 aliphatic rings. The Labute approximate surface area is 555 Å². The first-order valence-electron chi connectivity index (χ1n) is 33.6. The van der Waals surface area contributed by atoms with Crippen LogP contribution in [0.15, 0.2) is 182 Å². The molecule has 8 atom stereocenters. The first-order valence-corrected chi connectivity index (χ1v) is 33.6. The Hall–Kier alpha value is -9.32. The summed E-state index contributed by atoms with van der Waals surface area (Å²) in [6.07, 6.45) is 10.0.